The highest BCUT2D eigenvalue weighted by molar-refractivity contribution is 7.93. The van der Waals surface area contributed by atoms with Crippen LogP contribution in [0.2, 0.25) is 0 Å². The maximum absolute atomic E-state index is 12.8. The molecule has 0 bridgehead atoms. The first-order chi connectivity index (χ1) is 15.9. The Morgan fingerprint density at radius 3 is 2.39 bits per heavy atom. The van der Waals surface area contributed by atoms with Gasteiger partial charge in [-0.2, -0.15) is 13.8 Å². The van der Waals surface area contributed by atoms with E-state index in [9.17, 15) is 8.42 Å². The first-order valence-electron chi connectivity index (χ1n) is 9.88. The molecule has 33 heavy (non-hydrogen) atoms. The highest BCUT2D eigenvalue weighted by atomic mass is 32.2. The molecule has 0 radical (unpaired) electrons. The first-order valence-corrected chi connectivity index (χ1v) is 12.1. The van der Waals surface area contributed by atoms with Gasteiger partial charge in [0.1, 0.15) is 15.9 Å². The van der Waals surface area contributed by atoms with Gasteiger partial charge in [-0.1, -0.05) is 6.07 Å². The lowest BCUT2D eigenvalue weighted by molar-refractivity contribution is 0.602. The number of fused-ring (bicyclic) bond motifs is 1. The predicted octanol–water partition coefficient (Wildman–Crippen LogP) is 3.83. The van der Waals surface area contributed by atoms with Gasteiger partial charge in [-0.05, 0) is 68.4 Å². The minimum Gasteiger partial charge on any atom is -0.339 e. The van der Waals surface area contributed by atoms with Crippen molar-refractivity contribution in [3.05, 3.63) is 72.1 Å². The quantitative estimate of drug-likeness (QED) is 0.377. The van der Waals surface area contributed by atoms with E-state index in [2.05, 4.69) is 34.1 Å². The smallest absolute Gasteiger partial charge is 0.264 e. The van der Waals surface area contributed by atoms with Gasteiger partial charge in [0.05, 0.1) is 17.4 Å². The van der Waals surface area contributed by atoms with Crippen LogP contribution in [0, 0.1) is 13.8 Å². The number of rotatable bonds is 6. The van der Waals surface area contributed by atoms with E-state index in [0.29, 0.717) is 28.4 Å². The molecule has 2 N–H and O–H groups in total. The lowest BCUT2D eigenvalue weighted by Gasteiger charge is -2.10. The zero-order valence-corrected chi connectivity index (χ0v) is 19.2. The lowest BCUT2D eigenvalue weighted by Crippen LogP contribution is -2.13. The fraction of sp³-hybridized carbons (Fsp3) is 0.0952. The number of anilines is 3. The monoisotopic (exact) mass is 478 g/mol. The number of sulfonamides is 1. The molecule has 12 heteroatoms. The molecule has 2 aromatic carbocycles. The normalized spacial score (nSPS) is 11.6. The summed E-state index contributed by atoms with van der Waals surface area (Å²) in [6.07, 6.45) is 0. The van der Waals surface area contributed by atoms with Gasteiger partial charge < -0.3 is 5.32 Å². The lowest BCUT2D eigenvalue weighted by atomic mass is 10.3. The van der Waals surface area contributed by atoms with Gasteiger partial charge in [0, 0.05) is 17.1 Å². The van der Waals surface area contributed by atoms with Gasteiger partial charge >= 0.3 is 0 Å². The molecule has 10 nitrogen and oxygen atoms in total. The second kappa shape index (κ2) is 8.22. The van der Waals surface area contributed by atoms with Crippen molar-refractivity contribution in [1.29, 1.82) is 0 Å². The molecule has 0 aliphatic carbocycles. The van der Waals surface area contributed by atoms with Crippen LogP contribution in [-0.4, -0.2) is 37.1 Å². The van der Waals surface area contributed by atoms with Crippen LogP contribution in [0.3, 0.4) is 0 Å². The van der Waals surface area contributed by atoms with E-state index >= 15 is 0 Å². The van der Waals surface area contributed by atoms with Crippen LogP contribution in [0.15, 0.2) is 65.6 Å². The molecule has 5 aromatic rings. The third-order valence-corrected chi connectivity index (χ3v) is 6.78. The van der Waals surface area contributed by atoms with Crippen molar-refractivity contribution in [2.45, 2.75) is 18.7 Å². The largest absolute Gasteiger partial charge is 0.339 e. The summed E-state index contributed by atoms with van der Waals surface area (Å²) < 4.78 is 38.2. The number of aromatic nitrogens is 6. The SMILES string of the molecule is Cc1cc(C)n(-c2ccc(Nc3ccc(NS(=O)(=O)c4cccc5nsnc45)cc3)nn2)n1. The Labute approximate surface area is 193 Å². The van der Waals surface area contributed by atoms with Crippen LogP contribution in [0.1, 0.15) is 11.4 Å². The Hall–Kier alpha value is -3.90. The van der Waals surface area contributed by atoms with Gasteiger partial charge in [0.15, 0.2) is 11.6 Å². The highest BCUT2D eigenvalue weighted by Crippen LogP contribution is 2.25. The number of hydrogen-bond donors (Lipinski definition) is 2. The van der Waals surface area contributed by atoms with Gasteiger partial charge in [-0.3, -0.25) is 4.72 Å². The van der Waals surface area contributed by atoms with Crippen LogP contribution in [0.4, 0.5) is 17.2 Å². The third kappa shape index (κ3) is 4.25. The van der Waals surface area contributed by atoms with Crippen molar-refractivity contribution in [2.24, 2.45) is 0 Å². The second-order valence-electron chi connectivity index (χ2n) is 7.31. The van der Waals surface area contributed by atoms with Gasteiger partial charge in [0.2, 0.25) is 0 Å². The number of hydrogen-bond acceptors (Lipinski definition) is 9. The summed E-state index contributed by atoms with van der Waals surface area (Å²) in [5.41, 5.74) is 3.95. The van der Waals surface area contributed by atoms with Crippen LogP contribution >= 0.6 is 11.7 Å². The summed E-state index contributed by atoms with van der Waals surface area (Å²) in [5, 5.41) is 16.0. The van der Waals surface area contributed by atoms with Gasteiger partial charge in [0.25, 0.3) is 10.0 Å². The molecule has 166 valence electrons. The van der Waals surface area contributed by atoms with Crippen molar-refractivity contribution in [3.8, 4) is 5.82 Å². The maximum atomic E-state index is 12.8. The molecule has 5 rings (SSSR count). The Morgan fingerprint density at radius 1 is 0.909 bits per heavy atom. The minimum absolute atomic E-state index is 0.0916. The second-order valence-corrected chi connectivity index (χ2v) is 9.49. The highest BCUT2D eigenvalue weighted by Gasteiger charge is 2.19. The predicted molar refractivity (Wildman–Crippen MR) is 127 cm³/mol. The molecule has 3 aromatic heterocycles. The van der Waals surface area contributed by atoms with Gasteiger partial charge in [-0.25, -0.2) is 13.1 Å². The van der Waals surface area contributed by atoms with Crippen molar-refractivity contribution >= 4 is 50.0 Å². The fourth-order valence-corrected chi connectivity index (χ4v) is 5.17. The number of aryl methyl sites for hydroxylation is 2. The minimum atomic E-state index is -3.81. The van der Waals surface area contributed by atoms with Crippen LogP contribution in [-0.2, 0) is 10.0 Å². The van der Waals surface area contributed by atoms with Crippen LogP contribution in [0.25, 0.3) is 16.9 Å². The Morgan fingerprint density at radius 2 is 1.70 bits per heavy atom. The molecule has 0 aliphatic heterocycles. The summed E-state index contributed by atoms with van der Waals surface area (Å²) in [6.45, 7) is 3.88. The topological polar surface area (TPSA) is 128 Å². The van der Waals surface area contributed by atoms with E-state index in [1.807, 2.05) is 26.0 Å². The maximum Gasteiger partial charge on any atom is 0.264 e. The van der Waals surface area contributed by atoms with Crippen molar-refractivity contribution in [3.63, 3.8) is 0 Å². The standard InChI is InChI=1S/C21H18N8O2S2/c1-13-12-14(2)29(25-13)20-11-10-19(23-24-20)22-15-6-8-16(9-7-15)28-33(30,31)18-5-3-4-17-21(18)27-32-26-17/h3-12,28H,1-2H3,(H,22,23). The molecule has 0 atom stereocenters. The Balaban J connectivity index is 1.30. The molecule has 0 aliphatic rings. The average molecular weight is 479 g/mol. The zero-order chi connectivity index (χ0) is 23.0. The zero-order valence-electron chi connectivity index (χ0n) is 17.6. The van der Waals surface area contributed by atoms with Crippen molar-refractivity contribution in [2.75, 3.05) is 10.0 Å². The van der Waals surface area contributed by atoms with E-state index in [1.54, 1.807) is 47.1 Å². The molecule has 0 unspecified atom stereocenters. The molecule has 0 saturated heterocycles. The van der Waals surface area contributed by atoms with E-state index in [-0.39, 0.29) is 4.90 Å². The van der Waals surface area contributed by atoms with E-state index in [0.717, 1.165) is 28.8 Å². The summed E-state index contributed by atoms with van der Waals surface area (Å²) >= 11 is 0.977. The molecule has 0 spiro atoms. The molecule has 0 saturated carbocycles. The van der Waals surface area contributed by atoms with Crippen molar-refractivity contribution < 1.29 is 8.42 Å². The summed E-state index contributed by atoms with van der Waals surface area (Å²) in [7, 11) is -3.81. The molecule has 3 heterocycles. The van der Waals surface area contributed by atoms with E-state index < -0.39 is 10.0 Å². The van der Waals surface area contributed by atoms with Crippen molar-refractivity contribution in [1.82, 2.24) is 28.7 Å². The Bertz CT molecular complexity index is 1540. The van der Waals surface area contributed by atoms with Crippen LogP contribution < -0.4 is 10.0 Å². The number of benzene rings is 2. The Kier molecular flexibility index (Phi) is 5.23. The summed E-state index contributed by atoms with van der Waals surface area (Å²) in [5.74, 6) is 1.18. The fourth-order valence-electron chi connectivity index (χ4n) is 3.34. The van der Waals surface area contributed by atoms with E-state index in [4.69, 9.17) is 0 Å². The average Bonchev–Trinajstić information content (AvgIpc) is 3.41. The number of nitrogens with one attached hydrogen (secondary N) is 2. The molecule has 0 fully saturated rings. The van der Waals surface area contributed by atoms with E-state index in [1.165, 1.54) is 6.07 Å². The summed E-state index contributed by atoms with van der Waals surface area (Å²) in [6, 6.07) is 17.3. The molecular weight excluding hydrogens is 460 g/mol. The third-order valence-electron chi connectivity index (χ3n) is 4.83. The molecular formula is C21H18N8O2S2. The molecule has 0 amide bonds. The summed E-state index contributed by atoms with van der Waals surface area (Å²) in [4.78, 5) is 0.0916. The number of nitrogens with zero attached hydrogens (tertiary/aromatic N) is 6. The first kappa shape index (κ1) is 21.0. The van der Waals surface area contributed by atoms with Crippen LogP contribution in [0.5, 0.6) is 0 Å². The van der Waals surface area contributed by atoms with Gasteiger partial charge in [-0.15, -0.1) is 10.2 Å².